The van der Waals surface area contributed by atoms with Crippen molar-refractivity contribution in [2.24, 2.45) is 23.7 Å². The highest BCUT2D eigenvalue weighted by Crippen LogP contribution is 2.42. The zero-order valence-corrected chi connectivity index (χ0v) is 16.6. The van der Waals surface area contributed by atoms with E-state index in [0.29, 0.717) is 5.92 Å². The Morgan fingerprint density at radius 3 is 1.89 bits per heavy atom. The lowest BCUT2D eigenvalue weighted by molar-refractivity contribution is -0.304. The van der Waals surface area contributed by atoms with E-state index < -0.39 is 17.9 Å². The van der Waals surface area contributed by atoms with Gasteiger partial charge in [0, 0.05) is 0 Å². The second-order valence-electron chi connectivity index (χ2n) is 8.26. The van der Waals surface area contributed by atoms with Gasteiger partial charge in [-0.25, -0.2) is 4.39 Å². The predicted octanol–water partition coefficient (Wildman–Crippen LogP) is 7.86. The van der Waals surface area contributed by atoms with E-state index in [4.69, 9.17) is 0 Å². The Balaban J connectivity index is 1.94. The van der Waals surface area contributed by atoms with E-state index in [1.165, 1.54) is 45.4 Å². The quantitative estimate of drug-likeness (QED) is 0.265. The Morgan fingerprint density at radius 1 is 0.889 bits per heavy atom. The monoisotopic (exact) mass is 388 g/mol. The summed E-state index contributed by atoms with van der Waals surface area (Å²) in [5.74, 6) is 1.07. The number of halogens is 4. The van der Waals surface area contributed by atoms with E-state index in [-0.39, 0.29) is 0 Å². The van der Waals surface area contributed by atoms with Gasteiger partial charge in [0.05, 0.1) is 0 Å². The fourth-order valence-electron chi connectivity index (χ4n) is 4.58. The van der Waals surface area contributed by atoms with Crippen molar-refractivity contribution in [3.8, 4) is 0 Å². The summed E-state index contributed by atoms with van der Waals surface area (Å²) in [4.78, 5) is 0. The minimum Gasteiger partial charge on any atom is -0.403 e. The van der Waals surface area contributed by atoms with Crippen LogP contribution in [0.2, 0.25) is 0 Å². The summed E-state index contributed by atoms with van der Waals surface area (Å²) in [7, 11) is 0. The lowest BCUT2D eigenvalue weighted by Crippen LogP contribution is -2.25. The third-order valence-corrected chi connectivity index (χ3v) is 6.36. The first-order valence-electron chi connectivity index (χ1n) is 10.2. The van der Waals surface area contributed by atoms with Gasteiger partial charge in [-0.15, -0.1) is 13.2 Å². The molecule has 0 N–H and O–H groups in total. The van der Waals surface area contributed by atoms with Crippen LogP contribution in [0.5, 0.6) is 0 Å². The molecular weight excluding hydrogens is 356 g/mol. The van der Waals surface area contributed by atoms with Gasteiger partial charge < -0.3 is 4.74 Å². The molecule has 2 aliphatic carbocycles. The van der Waals surface area contributed by atoms with E-state index in [0.717, 1.165) is 48.3 Å². The summed E-state index contributed by atoms with van der Waals surface area (Å²) in [6.07, 6.45) is 8.62. The van der Waals surface area contributed by atoms with Crippen LogP contribution in [0, 0.1) is 23.7 Å². The molecule has 2 rings (SSSR count). The topological polar surface area (TPSA) is 9.23 Å². The van der Waals surface area contributed by atoms with Gasteiger partial charge in [-0.05, 0) is 88.2 Å². The molecule has 5 heteroatoms. The molecule has 27 heavy (non-hydrogen) atoms. The Labute approximate surface area is 160 Å². The fourth-order valence-corrected chi connectivity index (χ4v) is 4.58. The van der Waals surface area contributed by atoms with E-state index in [9.17, 15) is 17.6 Å². The van der Waals surface area contributed by atoms with Crippen molar-refractivity contribution < 1.29 is 22.3 Å². The standard InChI is InChI=1S/C22H32F4O/c1-4-20(23)21(27-22(24,25)26)14-7-16(3)17-10-12-19(13-11-17)18-8-5-15(2)6-9-18/h4,7,14-15,17-19H,5-6,8-13H2,1-3H3/b16-7+,20-4+,21-14+. The molecule has 0 bridgehead atoms. The van der Waals surface area contributed by atoms with Crippen LogP contribution >= 0.6 is 0 Å². The maximum Gasteiger partial charge on any atom is 0.573 e. The Kier molecular flexibility index (Phi) is 7.99. The molecule has 0 aliphatic heterocycles. The van der Waals surface area contributed by atoms with Crippen molar-refractivity contribution >= 4 is 0 Å². The average Bonchev–Trinajstić information content (AvgIpc) is 2.64. The van der Waals surface area contributed by atoms with Gasteiger partial charge in [0.15, 0.2) is 11.6 Å². The maximum atomic E-state index is 13.6. The van der Waals surface area contributed by atoms with Crippen molar-refractivity contribution in [3.05, 3.63) is 35.4 Å². The van der Waals surface area contributed by atoms with E-state index in [2.05, 4.69) is 11.7 Å². The number of alkyl halides is 3. The molecule has 0 unspecified atom stereocenters. The van der Waals surface area contributed by atoms with Crippen molar-refractivity contribution in [3.63, 3.8) is 0 Å². The predicted molar refractivity (Wildman–Crippen MR) is 100 cm³/mol. The molecule has 2 fully saturated rings. The smallest absolute Gasteiger partial charge is 0.403 e. The van der Waals surface area contributed by atoms with Gasteiger partial charge >= 0.3 is 6.36 Å². The Hall–Kier alpha value is -1.26. The van der Waals surface area contributed by atoms with E-state index in [1.54, 1.807) is 6.08 Å². The molecule has 2 aliphatic rings. The van der Waals surface area contributed by atoms with Crippen LogP contribution in [0.1, 0.15) is 72.1 Å². The minimum atomic E-state index is -4.90. The molecule has 0 aromatic carbocycles. The van der Waals surface area contributed by atoms with E-state index in [1.807, 2.05) is 6.92 Å². The summed E-state index contributed by atoms with van der Waals surface area (Å²) in [6, 6.07) is 0. The summed E-state index contributed by atoms with van der Waals surface area (Å²) in [5, 5.41) is 0. The van der Waals surface area contributed by atoms with Crippen LogP contribution in [0.25, 0.3) is 0 Å². The molecule has 0 aromatic heterocycles. The van der Waals surface area contributed by atoms with Crippen LogP contribution in [0.3, 0.4) is 0 Å². The third kappa shape index (κ3) is 7.00. The van der Waals surface area contributed by atoms with Crippen molar-refractivity contribution in [1.82, 2.24) is 0 Å². The van der Waals surface area contributed by atoms with Crippen LogP contribution < -0.4 is 0 Å². The van der Waals surface area contributed by atoms with Crippen LogP contribution in [0.4, 0.5) is 17.6 Å². The highest BCUT2D eigenvalue weighted by atomic mass is 19.4. The first-order valence-corrected chi connectivity index (χ1v) is 10.2. The normalized spacial score (nSPS) is 31.7. The highest BCUT2D eigenvalue weighted by molar-refractivity contribution is 5.26. The lowest BCUT2D eigenvalue weighted by Gasteiger charge is -2.37. The van der Waals surface area contributed by atoms with Gasteiger partial charge in [0.25, 0.3) is 0 Å². The zero-order valence-electron chi connectivity index (χ0n) is 16.6. The van der Waals surface area contributed by atoms with Crippen LogP contribution in [-0.4, -0.2) is 6.36 Å². The molecule has 0 spiro atoms. The first kappa shape index (κ1) is 22.0. The molecule has 1 nitrogen and oxygen atoms in total. The van der Waals surface area contributed by atoms with Crippen molar-refractivity contribution in [2.45, 2.75) is 78.5 Å². The lowest BCUT2D eigenvalue weighted by atomic mass is 9.68. The SMILES string of the molecule is C\C=C(F)/C(=C\C=C(/C)C1CCC(C2CCC(C)CC2)CC1)OC(F)(F)F. The van der Waals surface area contributed by atoms with Gasteiger partial charge in [0.1, 0.15) is 0 Å². The molecule has 0 amide bonds. The minimum absolute atomic E-state index is 0.362. The molecule has 0 atom stereocenters. The number of hydrogen-bond donors (Lipinski definition) is 0. The van der Waals surface area contributed by atoms with Gasteiger partial charge in [-0.3, -0.25) is 0 Å². The summed E-state index contributed by atoms with van der Waals surface area (Å²) >= 11 is 0. The summed E-state index contributed by atoms with van der Waals surface area (Å²) < 4.78 is 54.8. The molecule has 2 saturated carbocycles. The molecular formula is C22H32F4O. The molecule has 0 heterocycles. The molecule has 154 valence electrons. The van der Waals surface area contributed by atoms with Crippen LogP contribution in [-0.2, 0) is 4.74 Å². The zero-order chi connectivity index (χ0) is 20.0. The van der Waals surface area contributed by atoms with Gasteiger partial charge in [0.2, 0.25) is 0 Å². The fraction of sp³-hybridized carbons (Fsp3) is 0.727. The van der Waals surface area contributed by atoms with Crippen LogP contribution in [0.15, 0.2) is 35.4 Å². The number of ether oxygens (including phenoxy) is 1. The number of rotatable bonds is 5. The largest absolute Gasteiger partial charge is 0.573 e. The molecule has 0 radical (unpaired) electrons. The number of allylic oxidation sites excluding steroid dienone is 5. The Bertz CT molecular complexity index is 557. The second-order valence-corrected chi connectivity index (χ2v) is 8.26. The second kappa shape index (κ2) is 9.79. The van der Waals surface area contributed by atoms with E-state index >= 15 is 0 Å². The summed E-state index contributed by atoms with van der Waals surface area (Å²) in [6.45, 7) is 5.59. The summed E-state index contributed by atoms with van der Waals surface area (Å²) in [5.41, 5.74) is 0.998. The third-order valence-electron chi connectivity index (χ3n) is 6.36. The average molecular weight is 388 g/mol. The number of hydrogen-bond acceptors (Lipinski definition) is 1. The maximum absolute atomic E-state index is 13.6. The van der Waals surface area contributed by atoms with Crippen molar-refractivity contribution in [2.75, 3.05) is 0 Å². The van der Waals surface area contributed by atoms with Crippen molar-refractivity contribution in [1.29, 1.82) is 0 Å². The Morgan fingerprint density at radius 2 is 1.41 bits per heavy atom. The van der Waals surface area contributed by atoms with Gasteiger partial charge in [-0.2, -0.15) is 0 Å². The highest BCUT2D eigenvalue weighted by Gasteiger charge is 2.33. The molecule has 0 aromatic rings. The molecule has 0 saturated heterocycles. The first-order chi connectivity index (χ1) is 12.7. The van der Waals surface area contributed by atoms with Gasteiger partial charge in [-0.1, -0.05) is 31.4 Å².